The summed E-state index contributed by atoms with van der Waals surface area (Å²) in [5.74, 6) is 0.439. The molecule has 21 heavy (non-hydrogen) atoms. The van der Waals surface area contributed by atoms with Gasteiger partial charge >= 0.3 is 0 Å². The van der Waals surface area contributed by atoms with Gasteiger partial charge in [0, 0.05) is 12.1 Å². The van der Waals surface area contributed by atoms with Crippen molar-refractivity contribution in [3.63, 3.8) is 0 Å². The summed E-state index contributed by atoms with van der Waals surface area (Å²) in [4.78, 5) is 12.0. The van der Waals surface area contributed by atoms with Crippen LogP contribution < -0.4 is 5.32 Å². The summed E-state index contributed by atoms with van der Waals surface area (Å²) in [7, 11) is 0. The van der Waals surface area contributed by atoms with Gasteiger partial charge in [-0.05, 0) is 43.5 Å². The Hall–Kier alpha value is -1.78. The molecule has 1 aromatic heterocycles. The molecule has 1 amide bonds. The maximum Gasteiger partial charge on any atom is 0.287 e. The number of hydrogen-bond donors (Lipinski definition) is 2. The first-order chi connectivity index (χ1) is 10.1. The molecular formula is C16H16ClNO3. The average Bonchev–Trinajstić information content (AvgIpc) is 2.93. The van der Waals surface area contributed by atoms with Crippen LogP contribution in [0.4, 0.5) is 0 Å². The summed E-state index contributed by atoms with van der Waals surface area (Å²) in [5.41, 5.74) is 0.00391. The zero-order valence-electron chi connectivity index (χ0n) is 11.4. The van der Waals surface area contributed by atoms with E-state index >= 15 is 0 Å². The van der Waals surface area contributed by atoms with Gasteiger partial charge in [0.05, 0.1) is 10.6 Å². The number of furan rings is 1. The molecule has 0 saturated heterocycles. The zero-order valence-corrected chi connectivity index (χ0v) is 12.2. The highest BCUT2D eigenvalue weighted by atomic mass is 35.5. The smallest absolute Gasteiger partial charge is 0.287 e. The van der Waals surface area contributed by atoms with Gasteiger partial charge in [0.25, 0.3) is 5.91 Å². The molecule has 1 saturated carbocycles. The maximum absolute atomic E-state index is 12.0. The van der Waals surface area contributed by atoms with Gasteiger partial charge in [-0.15, -0.1) is 0 Å². The van der Waals surface area contributed by atoms with Crippen LogP contribution in [-0.2, 0) is 0 Å². The first kappa shape index (κ1) is 14.2. The number of rotatable bonds is 4. The molecule has 0 spiro atoms. The third-order valence-electron chi connectivity index (χ3n) is 3.83. The van der Waals surface area contributed by atoms with E-state index in [1.54, 1.807) is 18.2 Å². The minimum atomic E-state index is -0.742. The van der Waals surface area contributed by atoms with Gasteiger partial charge in [-0.2, -0.15) is 0 Å². The van der Waals surface area contributed by atoms with E-state index < -0.39 is 5.60 Å². The highest BCUT2D eigenvalue weighted by Gasteiger charge is 2.34. The molecule has 1 aliphatic carbocycles. The van der Waals surface area contributed by atoms with Crippen LogP contribution in [0.2, 0.25) is 5.02 Å². The molecule has 3 rings (SSSR count). The first-order valence-corrected chi connectivity index (χ1v) is 7.31. The second-order valence-corrected chi connectivity index (χ2v) is 5.81. The molecule has 0 atom stereocenters. The van der Waals surface area contributed by atoms with Crippen molar-refractivity contribution in [2.75, 3.05) is 6.54 Å². The fourth-order valence-corrected chi connectivity index (χ4v) is 2.59. The highest BCUT2D eigenvalue weighted by Crippen LogP contribution is 2.31. The van der Waals surface area contributed by atoms with E-state index in [2.05, 4.69) is 5.32 Å². The number of carbonyl (C=O) groups is 1. The van der Waals surface area contributed by atoms with Gasteiger partial charge in [-0.1, -0.05) is 23.7 Å². The molecule has 4 nitrogen and oxygen atoms in total. The molecule has 0 bridgehead atoms. The monoisotopic (exact) mass is 305 g/mol. The van der Waals surface area contributed by atoms with Gasteiger partial charge in [-0.25, -0.2) is 0 Å². The van der Waals surface area contributed by atoms with E-state index in [4.69, 9.17) is 16.0 Å². The standard InChI is InChI=1S/C16H16ClNO3/c17-12-5-2-1-4-11(12)13-6-7-14(21-13)15(19)18-10-16(20)8-3-9-16/h1-2,4-7,20H,3,8-10H2,(H,18,19). The van der Waals surface area contributed by atoms with Gasteiger partial charge in [0.15, 0.2) is 5.76 Å². The van der Waals surface area contributed by atoms with Gasteiger partial charge in [0.2, 0.25) is 0 Å². The summed E-state index contributed by atoms with van der Waals surface area (Å²) in [6.07, 6.45) is 2.47. The van der Waals surface area contributed by atoms with E-state index in [1.807, 2.05) is 18.2 Å². The number of nitrogens with one attached hydrogen (secondary N) is 1. The van der Waals surface area contributed by atoms with Crippen molar-refractivity contribution in [1.82, 2.24) is 5.32 Å². The second kappa shape index (κ2) is 5.54. The lowest BCUT2D eigenvalue weighted by Crippen LogP contribution is -2.47. The van der Waals surface area contributed by atoms with Crippen LogP contribution in [0, 0.1) is 0 Å². The minimum Gasteiger partial charge on any atom is -0.451 e. The molecular weight excluding hydrogens is 290 g/mol. The molecule has 2 aromatic rings. The molecule has 5 heteroatoms. The van der Waals surface area contributed by atoms with E-state index in [0.717, 1.165) is 24.8 Å². The lowest BCUT2D eigenvalue weighted by Gasteiger charge is -2.36. The molecule has 1 heterocycles. The number of amides is 1. The van der Waals surface area contributed by atoms with E-state index in [1.165, 1.54) is 0 Å². The minimum absolute atomic E-state index is 0.216. The van der Waals surface area contributed by atoms with Crippen molar-refractivity contribution in [2.24, 2.45) is 0 Å². The molecule has 1 aliphatic rings. The summed E-state index contributed by atoms with van der Waals surface area (Å²) in [6, 6.07) is 10.6. The summed E-state index contributed by atoms with van der Waals surface area (Å²) in [5, 5.41) is 13.2. The van der Waals surface area contributed by atoms with Crippen molar-refractivity contribution >= 4 is 17.5 Å². The Morgan fingerprint density at radius 3 is 2.71 bits per heavy atom. The van der Waals surface area contributed by atoms with Crippen LogP contribution in [0.3, 0.4) is 0 Å². The number of aliphatic hydroxyl groups is 1. The average molecular weight is 306 g/mol. The summed E-state index contributed by atoms with van der Waals surface area (Å²) in [6.45, 7) is 0.258. The topological polar surface area (TPSA) is 62.5 Å². The first-order valence-electron chi connectivity index (χ1n) is 6.93. The number of hydrogen-bond acceptors (Lipinski definition) is 3. The van der Waals surface area contributed by atoms with Crippen LogP contribution in [-0.4, -0.2) is 23.2 Å². The molecule has 0 radical (unpaired) electrons. The Balaban J connectivity index is 1.70. The van der Waals surface area contributed by atoms with E-state index in [-0.39, 0.29) is 18.2 Å². The van der Waals surface area contributed by atoms with Crippen LogP contribution in [0.15, 0.2) is 40.8 Å². The van der Waals surface area contributed by atoms with E-state index in [0.29, 0.717) is 10.8 Å². The maximum atomic E-state index is 12.0. The highest BCUT2D eigenvalue weighted by molar-refractivity contribution is 6.33. The molecule has 0 unspecified atom stereocenters. The predicted molar refractivity (Wildman–Crippen MR) is 80.3 cm³/mol. The molecule has 1 aromatic carbocycles. The van der Waals surface area contributed by atoms with Crippen LogP contribution in [0.1, 0.15) is 29.8 Å². The third-order valence-corrected chi connectivity index (χ3v) is 4.16. The van der Waals surface area contributed by atoms with Gasteiger partial charge in [0.1, 0.15) is 5.76 Å². The Morgan fingerprint density at radius 1 is 1.29 bits per heavy atom. The fraction of sp³-hybridized carbons (Fsp3) is 0.312. The zero-order chi connectivity index (χ0) is 14.9. The SMILES string of the molecule is O=C(NCC1(O)CCC1)c1ccc(-c2ccccc2Cl)o1. The van der Waals surface area contributed by atoms with Crippen LogP contribution in [0.25, 0.3) is 11.3 Å². The van der Waals surface area contributed by atoms with Crippen molar-refractivity contribution in [3.05, 3.63) is 47.2 Å². The lowest BCUT2D eigenvalue weighted by molar-refractivity contribution is -0.0301. The summed E-state index contributed by atoms with van der Waals surface area (Å²) < 4.78 is 5.55. The normalized spacial score (nSPS) is 16.3. The second-order valence-electron chi connectivity index (χ2n) is 5.40. The predicted octanol–water partition coefficient (Wildman–Crippen LogP) is 3.24. The van der Waals surface area contributed by atoms with Crippen LogP contribution in [0.5, 0.6) is 0 Å². The molecule has 2 N–H and O–H groups in total. The Kier molecular flexibility index (Phi) is 3.74. The van der Waals surface area contributed by atoms with Crippen LogP contribution >= 0.6 is 11.6 Å². The number of carbonyl (C=O) groups excluding carboxylic acids is 1. The van der Waals surface area contributed by atoms with Crippen molar-refractivity contribution in [1.29, 1.82) is 0 Å². The third kappa shape index (κ3) is 2.96. The Bertz CT molecular complexity index is 661. The Labute approximate surface area is 127 Å². The number of halogens is 1. The molecule has 110 valence electrons. The largest absolute Gasteiger partial charge is 0.451 e. The van der Waals surface area contributed by atoms with Crippen molar-refractivity contribution in [2.45, 2.75) is 24.9 Å². The van der Waals surface area contributed by atoms with E-state index in [9.17, 15) is 9.90 Å². The van der Waals surface area contributed by atoms with Gasteiger partial charge < -0.3 is 14.8 Å². The van der Waals surface area contributed by atoms with Crippen molar-refractivity contribution < 1.29 is 14.3 Å². The fourth-order valence-electron chi connectivity index (χ4n) is 2.36. The molecule has 1 fully saturated rings. The van der Waals surface area contributed by atoms with Crippen molar-refractivity contribution in [3.8, 4) is 11.3 Å². The summed E-state index contributed by atoms with van der Waals surface area (Å²) >= 11 is 6.10. The number of benzene rings is 1. The quantitative estimate of drug-likeness (QED) is 0.911. The molecule has 0 aliphatic heterocycles. The lowest BCUT2D eigenvalue weighted by atomic mass is 9.80. The van der Waals surface area contributed by atoms with Gasteiger partial charge in [-0.3, -0.25) is 4.79 Å². The Morgan fingerprint density at radius 2 is 2.05 bits per heavy atom.